The number of aromatic nitrogens is 2. The van der Waals surface area contributed by atoms with Crippen LogP contribution >= 0.6 is 0 Å². The Bertz CT molecular complexity index is 499. The average Bonchev–Trinajstić information content (AvgIpc) is 2.63. The Morgan fingerprint density at radius 2 is 1.82 bits per heavy atom. The molecule has 0 aliphatic carbocycles. The number of aromatic amines is 1. The summed E-state index contributed by atoms with van der Waals surface area (Å²) in [6, 6.07) is 4.78. The molecule has 2 N–H and O–H groups in total. The predicted molar refractivity (Wildman–Crippen MR) is 58.1 cm³/mol. The average molecular weight is 241 g/mol. The van der Waals surface area contributed by atoms with Crippen molar-refractivity contribution < 1.29 is 13.2 Å². The normalized spacial score (nSPS) is 11.5. The Morgan fingerprint density at radius 3 is 2.29 bits per heavy atom. The zero-order chi connectivity index (χ0) is 12.5. The lowest BCUT2D eigenvalue weighted by Gasteiger charge is -2.07. The van der Waals surface area contributed by atoms with Crippen LogP contribution in [0.5, 0.6) is 0 Å². The van der Waals surface area contributed by atoms with Gasteiger partial charge in [-0.25, -0.2) is 4.98 Å². The van der Waals surface area contributed by atoms with Crippen LogP contribution in [0.3, 0.4) is 0 Å². The summed E-state index contributed by atoms with van der Waals surface area (Å²) in [7, 11) is 0. The van der Waals surface area contributed by atoms with Gasteiger partial charge in [-0.2, -0.15) is 13.2 Å². The molecule has 1 aromatic carbocycles. The van der Waals surface area contributed by atoms with Crippen molar-refractivity contribution in [3.05, 3.63) is 41.7 Å². The predicted octanol–water partition coefficient (Wildman–Crippen LogP) is 3.48. The zero-order valence-corrected chi connectivity index (χ0v) is 8.97. The minimum absolute atomic E-state index is 0.502. The van der Waals surface area contributed by atoms with E-state index in [1.807, 2.05) is 6.92 Å². The van der Waals surface area contributed by atoms with Crippen molar-refractivity contribution in [2.24, 2.45) is 0 Å². The van der Waals surface area contributed by atoms with Crippen molar-refractivity contribution in [1.82, 2.24) is 9.97 Å². The maximum absolute atomic E-state index is 12.3. The third-order valence-electron chi connectivity index (χ3n) is 2.18. The van der Waals surface area contributed by atoms with Gasteiger partial charge in [0.2, 0.25) is 5.95 Å². The second kappa shape index (κ2) is 4.12. The van der Waals surface area contributed by atoms with Gasteiger partial charge in [0.15, 0.2) is 0 Å². The first-order valence-electron chi connectivity index (χ1n) is 4.91. The van der Waals surface area contributed by atoms with Gasteiger partial charge in [0.1, 0.15) is 0 Å². The lowest BCUT2D eigenvalue weighted by molar-refractivity contribution is -0.137. The van der Waals surface area contributed by atoms with Gasteiger partial charge >= 0.3 is 6.18 Å². The fourth-order valence-electron chi connectivity index (χ4n) is 1.36. The fraction of sp³-hybridized carbons (Fsp3) is 0.182. The van der Waals surface area contributed by atoms with Gasteiger partial charge in [0.25, 0.3) is 0 Å². The molecule has 0 aliphatic heterocycles. The molecule has 2 aromatic rings. The van der Waals surface area contributed by atoms with Crippen molar-refractivity contribution >= 4 is 11.6 Å². The van der Waals surface area contributed by atoms with Gasteiger partial charge in [0.05, 0.1) is 5.56 Å². The summed E-state index contributed by atoms with van der Waals surface area (Å²) in [4.78, 5) is 6.92. The summed E-state index contributed by atoms with van der Waals surface area (Å²) < 4.78 is 36.9. The number of benzene rings is 1. The third-order valence-corrected chi connectivity index (χ3v) is 2.18. The van der Waals surface area contributed by atoms with Crippen LogP contribution in [0.2, 0.25) is 0 Å². The molecule has 0 radical (unpaired) electrons. The molecular formula is C11H10F3N3. The molecule has 0 bridgehead atoms. The zero-order valence-electron chi connectivity index (χ0n) is 8.97. The van der Waals surface area contributed by atoms with Crippen molar-refractivity contribution in [3.63, 3.8) is 0 Å². The lowest BCUT2D eigenvalue weighted by atomic mass is 10.2. The smallest absolute Gasteiger partial charge is 0.328 e. The fourth-order valence-corrected chi connectivity index (χ4v) is 1.36. The van der Waals surface area contributed by atoms with E-state index in [-0.39, 0.29) is 0 Å². The largest absolute Gasteiger partial charge is 0.416 e. The summed E-state index contributed by atoms with van der Waals surface area (Å²) in [6.45, 7) is 1.84. The van der Waals surface area contributed by atoms with Gasteiger partial charge in [-0.3, -0.25) is 0 Å². The quantitative estimate of drug-likeness (QED) is 0.845. The lowest BCUT2D eigenvalue weighted by Crippen LogP contribution is -2.04. The van der Waals surface area contributed by atoms with E-state index in [0.29, 0.717) is 11.6 Å². The van der Waals surface area contributed by atoms with Crippen LogP contribution in [-0.4, -0.2) is 9.97 Å². The highest BCUT2D eigenvalue weighted by molar-refractivity contribution is 5.54. The van der Waals surface area contributed by atoms with Crippen LogP contribution in [0.1, 0.15) is 11.3 Å². The van der Waals surface area contributed by atoms with E-state index in [0.717, 1.165) is 17.8 Å². The molecule has 0 spiro atoms. The molecule has 2 rings (SSSR count). The first-order valence-corrected chi connectivity index (χ1v) is 4.91. The third kappa shape index (κ3) is 2.77. The Hall–Kier alpha value is -1.98. The van der Waals surface area contributed by atoms with E-state index in [4.69, 9.17) is 0 Å². The number of imidazole rings is 1. The van der Waals surface area contributed by atoms with E-state index in [1.165, 1.54) is 12.1 Å². The number of nitrogens with zero attached hydrogens (tertiary/aromatic N) is 1. The highest BCUT2D eigenvalue weighted by atomic mass is 19.4. The van der Waals surface area contributed by atoms with Gasteiger partial charge in [0, 0.05) is 17.6 Å². The van der Waals surface area contributed by atoms with E-state index in [2.05, 4.69) is 15.3 Å². The minimum atomic E-state index is -4.31. The number of rotatable bonds is 2. The van der Waals surface area contributed by atoms with Gasteiger partial charge in [-0.1, -0.05) is 0 Å². The topological polar surface area (TPSA) is 40.7 Å². The molecule has 0 amide bonds. The van der Waals surface area contributed by atoms with Crippen molar-refractivity contribution in [1.29, 1.82) is 0 Å². The summed E-state index contributed by atoms with van der Waals surface area (Å²) in [5.41, 5.74) is 0.755. The number of hydrogen-bond acceptors (Lipinski definition) is 2. The van der Waals surface area contributed by atoms with Crippen molar-refractivity contribution in [2.75, 3.05) is 5.32 Å². The molecule has 0 fully saturated rings. The molecule has 17 heavy (non-hydrogen) atoms. The van der Waals surface area contributed by atoms with E-state index in [9.17, 15) is 13.2 Å². The number of anilines is 2. The molecule has 1 heterocycles. The number of alkyl halides is 3. The molecule has 90 valence electrons. The van der Waals surface area contributed by atoms with E-state index >= 15 is 0 Å². The molecule has 0 saturated carbocycles. The highest BCUT2D eigenvalue weighted by Crippen LogP contribution is 2.30. The number of H-pyrrole nitrogens is 1. The van der Waals surface area contributed by atoms with Crippen LogP contribution < -0.4 is 5.32 Å². The van der Waals surface area contributed by atoms with Crippen LogP contribution in [-0.2, 0) is 6.18 Å². The minimum Gasteiger partial charge on any atom is -0.328 e. The maximum Gasteiger partial charge on any atom is 0.416 e. The van der Waals surface area contributed by atoms with E-state index in [1.54, 1.807) is 6.20 Å². The molecule has 0 aliphatic rings. The maximum atomic E-state index is 12.3. The summed E-state index contributed by atoms with van der Waals surface area (Å²) in [6.07, 6.45) is -2.67. The Balaban J connectivity index is 2.13. The van der Waals surface area contributed by atoms with Crippen LogP contribution in [0.4, 0.5) is 24.8 Å². The molecule has 0 atom stereocenters. The van der Waals surface area contributed by atoms with Crippen molar-refractivity contribution in [2.45, 2.75) is 13.1 Å². The first kappa shape index (κ1) is 11.5. The Kier molecular flexibility index (Phi) is 2.79. The molecule has 0 saturated heterocycles. The number of nitrogens with one attached hydrogen (secondary N) is 2. The van der Waals surface area contributed by atoms with Crippen LogP contribution in [0.25, 0.3) is 0 Å². The monoisotopic (exact) mass is 241 g/mol. The second-order valence-corrected chi connectivity index (χ2v) is 3.61. The highest BCUT2D eigenvalue weighted by Gasteiger charge is 2.29. The van der Waals surface area contributed by atoms with Crippen LogP contribution in [0, 0.1) is 6.92 Å². The summed E-state index contributed by atoms with van der Waals surface area (Å²) in [5.74, 6) is 0.502. The molecule has 3 nitrogen and oxygen atoms in total. The van der Waals surface area contributed by atoms with Gasteiger partial charge < -0.3 is 10.3 Å². The first-order chi connectivity index (χ1) is 7.95. The standard InChI is InChI=1S/C11H10F3N3/c1-7-6-15-10(16-7)17-9-4-2-8(3-5-9)11(12,13)14/h2-6H,1H3,(H2,15,16,17). The number of halogens is 3. The van der Waals surface area contributed by atoms with Crippen molar-refractivity contribution in [3.8, 4) is 0 Å². The van der Waals surface area contributed by atoms with Crippen LogP contribution in [0.15, 0.2) is 30.5 Å². The number of hydrogen-bond donors (Lipinski definition) is 2. The second-order valence-electron chi connectivity index (χ2n) is 3.61. The Morgan fingerprint density at radius 1 is 1.18 bits per heavy atom. The van der Waals surface area contributed by atoms with Gasteiger partial charge in [-0.15, -0.1) is 0 Å². The number of aryl methyl sites for hydroxylation is 1. The summed E-state index contributed by atoms with van der Waals surface area (Å²) >= 11 is 0. The molecule has 1 aromatic heterocycles. The van der Waals surface area contributed by atoms with E-state index < -0.39 is 11.7 Å². The van der Waals surface area contributed by atoms with Gasteiger partial charge in [-0.05, 0) is 31.2 Å². The molecule has 0 unspecified atom stereocenters. The molecular weight excluding hydrogens is 231 g/mol. The SMILES string of the molecule is Cc1cnc(Nc2ccc(C(F)(F)F)cc2)[nH]1. The Labute approximate surface area is 95.7 Å². The molecule has 6 heteroatoms. The summed E-state index contributed by atoms with van der Waals surface area (Å²) in [5, 5.41) is 2.87.